The number of rotatable bonds is 4. The van der Waals surface area contributed by atoms with Gasteiger partial charge in [-0.05, 0) is 19.3 Å². The number of hydrogen-bond acceptors (Lipinski definition) is 5. The molecule has 11 nitrogen and oxygen atoms in total. The van der Waals surface area contributed by atoms with Crippen LogP contribution in [-0.2, 0) is 14.4 Å². The van der Waals surface area contributed by atoms with Gasteiger partial charge in [-0.2, -0.15) is 0 Å². The SMILES string of the molecule is CNC(=O)N(C)C(=O)N1CCCCC1C(C(=O)O)(C(=O)O)C(=O)O. The summed E-state index contributed by atoms with van der Waals surface area (Å²) in [5.74, 6) is -6.22. The number of likely N-dealkylation sites (tertiary alicyclic amines) is 1. The van der Waals surface area contributed by atoms with Gasteiger partial charge in [-0.3, -0.25) is 14.4 Å². The van der Waals surface area contributed by atoms with Gasteiger partial charge in [-0.25, -0.2) is 14.5 Å². The van der Waals surface area contributed by atoms with E-state index in [4.69, 9.17) is 0 Å². The molecule has 1 saturated heterocycles. The van der Waals surface area contributed by atoms with Crippen molar-refractivity contribution in [3.05, 3.63) is 0 Å². The Kier molecular flexibility index (Phi) is 5.72. The Morgan fingerprint density at radius 2 is 1.54 bits per heavy atom. The second kappa shape index (κ2) is 7.15. The van der Waals surface area contributed by atoms with E-state index in [1.165, 1.54) is 7.05 Å². The maximum atomic E-state index is 12.4. The third-order valence-corrected chi connectivity index (χ3v) is 4.07. The van der Waals surface area contributed by atoms with Crippen LogP contribution in [0.4, 0.5) is 9.59 Å². The molecule has 0 radical (unpaired) electrons. The lowest BCUT2D eigenvalue weighted by Crippen LogP contribution is -2.64. The monoisotopic (exact) mass is 345 g/mol. The number of carboxylic acids is 3. The molecule has 0 aliphatic carbocycles. The highest BCUT2D eigenvalue weighted by molar-refractivity contribution is 6.17. The van der Waals surface area contributed by atoms with Crippen LogP contribution in [0.5, 0.6) is 0 Å². The highest BCUT2D eigenvalue weighted by Gasteiger charge is 2.63. The highest BCUT2D eigenvalue weighted by atomic mass is 16.4. The van der Waals surface area contributed by atoms with Crippen LogP contribution in [0.25, 0.3) is 0 Å². The summed E-state index contributed by atoms with van der Waals surface area (Å²) in [6, 6.07) is -3.39. The van der Waals surface area contributed by atoms with Crippen molar-refractivity contribution in [3.8, 4) is 0 Å². The average Bonchev–Trinajstić information content (AvgIpc) is 2.52. The number of carboxylic acid groups (broad SMARTS) is 3. The largest absolute Gasteiger partial charge is 0.480 e. The molecule has 1 fully saturated rings. The van der Waals surface area contributed by atoms with Crippen molar-refractivity contribution in [2.75, 3.05) is 20.6 Å². The molecular formula is C13H19N3O8. The molecule has 1 aliphatic heterocycles. The predicted octanol–water partition coefficient (Wildman–Crippen LogP) is -0.528. The standard InChI is InChI=1S/C13H19N3O8/c1-14-11(23)15(2)12(24)16-6-4-3-5-7(16)13(8(17)18,9(19)20)10(21)22/h7H,3-6H2,1-2H3,(H,14,23)(H,17,18)(H,19,20)(H,21,22). The van der Waals surface area contributed by atoms with Crippen LogP contribution < -0.4 is 5.32 Å². The van der Waals surface area contributed by atoms with Crippen molar-refractivity contribution in [3.63, 3.8) is 0 Å². The number of hydrogen-bond donors (Lipinski definition) is 4. The first kappa shape index (κ1) is 19.2. The summed E-state index contributed by atoms with van der Waals surface area (Å²) in [5, 5.41) is 30.2. The lowest BCUT2D eigenvalue weighted by molar-refractivity contribution is -0.181. The van der Waals surface area contributed by atoms with Crippen molar-refractivity contribution in [1.82, 2.24) is 15.1 Å². The first-order chi connectivity index (χ1) is 11.1. The normalized spacial score (nSPS) is 17.8. The summed E-state index contributed by atoms with van der Waals surface area (Å²) in [5.41, 5.74) is -3.21. The summed E-state index contributed by atoms with van der Waals surface area (Å²) < 4.78 is 0. The van der Waals surface area contributed by atoms with Crippen LogP contribution in [0.15, 0.2) is 0 Å². The number of carbonyl (C=O) groups excluding carboxylic acids is 2. The van der Waals surface area contributed by atoms with Gasteiger partial charge in [0.05, 0.1) is 6.04 Å². The minimum absolute atomic E-state index is 0.0551. The third kappa shape index (κ3) is 2.96. The van der Waals surface area contributed by atoms with Crippen molar-refractivity contribution in [1.29, 1.82) is 0 Å². The highest BCUT2D eigenvalue weighted by Crippen LogP contribution is 2.35. The Hall–Kier alpha value is -2.85. The van der Waals surface area contributed by atoms with E-state index in [0.717, 1.165) is 11.9 Å². The second-order valence-electron chi connectivity index (χ2n) is 5.33. The summed E-state index contributed by atoms with van der Waals surface area (Å²) in [4.78, 5) is 60.1. The number of urea groups is 2. The topological polar surface area (TPSA) is 165 Å². The maximum absolute atomic E-state index is 12.4. The van der Waals surface area contributed by atoms with Crippen LogP contribution in [0.3, 0.4) is 0 Å². The molecule has 0 aromatic carbocycles. The van der Waals surface area contributed by atoms with Gasteiger partial charge >= 0.3 is 30.0 Å². The van der Waals surface area contributed by atoms with Gasteiger partial charge in [0.15, 0.2) is 0 Å². The molecule has 0 aromatic heterocycles. The summed E-state index contributed by atoms with van der Waals surface area (Å²) in [6.07, 6.45) is 0.657. The van der Waals surface area contributed by atoms with E-state index < -0.39 is 41.4 Å². The van der Waals surface area contributed by atoms with Gasteiger partial charge in [0.2, 0.25) is 0 Å². The molecular weight excluding hydrogens is 326 g/mol. The van der Waals surface area contributed by atoms with E-state index >= 15 is 0 Å². The number of imide groups is 1. The molecule has 1 rings (SSSR count). The smallest absolute Gasteiger partial charge is 0.334 e. The lowest BCUT2D eigenvalue weighted by Gasteiger charge is -2.42. The minimum Gasteiger partial charge on any atom is -0.480 e. The van der Waals surface area contributed by atoms with Crippen LogP contribution >= 0.6 is 0 Å². The minimum atomic E-state index is -3.21. The quantitative estimate of drug-likeness (QED) is 0.494. The van der Waals surface area contributed by atoms with Crippen LogP contribution in [-0.4, -0.2) is 81.8 Å². The zero-order valence-corrected chi connectivity index (χ0v) is 13.2. The van der Waals surface area contributed by atoms with E-state index in [1.54, 1.807) is 0 Å². The first-order valence-electron chi connectivity index (χ1n) is 7.08. The van der Waals surface area contributed by atoms with Crippen LogP contribution in [0, 0.1) is 5.41 Å². The Labute approximate surface area is 136 Å². The van der Waals surface area contributed by atoms with E-state index in [1.807, 2.05) is 0 Å². The molecule has 0 bridgehead atoms. The molecule has 0 aromatic rings. The summed E-state index contributed by atoms with van der Waals surface area (Å²) in [6.45, 7) is -0.0551. The van der Waals surface area contributed by atoms with Gasteiger partial charge in [0, 0.05) is 20.6 Å². The van der Waals surface area contributed by atoms with Gasteiger partial charge in [-0.1, -0.05) is 0 Å². The molecule has 4 N–H and O–H groups in total. The maximum Gasteiger partial charge on any atom is 0.334 e. The van der Waals surface area contributed by atoms with Crippen molar-refractivity contribution in [2.24, 2.45) is 5.41 Å². The molecule has 11 heteroatoms. The Morgan fingerprint density at radius 3 is 1.96 bits per heavy atom. The number of piperidine rings is 1. The Morgan fingerprint density at radius 1 is 1.04 bits per heavy atom. The van der Waals surface area contributed by atoms with Gasteiger partial charge in [0.1, 0.15) is 0 Å². The molecule has 1 aliphatic rings. The van der Waals surface area contributed by atoms with Crippen LogP contribution in [0.1, 0.15) is 19.3 Å². The summed E-state index contributed by atoms with van der Waals surface area (Å²) in [7, 11) is 2.40. The lowest BCUT2D eigenvalue weighted by atomic mass is 9.75. The molecule has 134 valence electrons. The summed E-state index contributed by atoms with van der Waals surface area (Å²) >= 11 is 0. The van der Waals surface area contributed by atoms with Gasteiger partial charge in [-0.15, -0.1) is 0 Å². The van der Waals surface area contributed by atoms with Crippen molar-refractivity contribution < 1.29 is 39.3 Å². The average molecular weight is 345 g/mol. The fourth-order valence-corrected chi connectivity index (χ4v) is 2.76. The molecule has 1 heterocycles. The predicted molar refractivity (Wildman–Crippen MR) is 77.3 cm³/mol. The third-order valence-electron chi connectivity index (χ3n) is 4.07. The number of nitrogens with one attached hydrogen (secondary N) is 1. The van der Waals surface area contributed by atoms with E-state index in [-0.39, 0.29) is 13.0 Å². The Bertz CT molecular complexity index is 540. The fourth-order valence-electron chi connectivity index (χ4n) is 2.76. The zero-order chi connectivity index (χ0) is 18.7. The zero-order valence-electron chi connectivity index (χ0n) is 13.2. The number of nitrogens with zero attached hydrogens (tertiary/aromatic N) is 2. The molecule has 0 spiro atoms. The molecule has 1 unspecified atom stereocenters. The molecule has 0 saturated carbocycles. The Balaban J connectivity index is 3.37. The molecule has 1 atom stereocenters. The van der Waals surface area contributed by atoms with E-state index in [9.17, 15) is 39.3 Å². The van der Waals surface area contributed by atoms with Gasteiger partial charge < -0.3 is 25.5 Å². The number of aliphatic carboxylic acids is 3. The fraction of sp³-hybridized carbons (Fsp3) is 0.615. The first-order valence-corrected chi connectivity index (χ1v) is 7.08. The second-order valence-corrected chi connectivity index (χ2v) is 5.33. The number of carbonyl (C=O) groups is 5. The molecule has 4 amide bonds. The van der Waals surface area contributed by atoms with E-state index in [0.29, 0.717) is 17.7 Å². The van der Waals surface area contributed by atoms with Crippen molar-refractivity contribution >= 4 is 30.0 Å². The van der Waals surface area contributed by atoms with Crippen molar-refractivity contribution in [2.45, 2.75) is 25.3 Å². The number of amides is 4. The van der Waals surface area contributed by atoms with Crippen LogP contribution in [0.2, 0.25) is 0 Å². The molecule has 24 heavy (non-hydrogen) atoms. The van der Waals surface area contributed by atoms with E-state index in [2.05, 4.69) is 5.32 Å². The van der Waals surface area contributed by atoms with Gasteiger partial charge in [0.25, 0.3) is 5.41 Å².